The molecule has 4 nitrogen and oxygen atoms in total. The van der Waals surface area contributed by atoms with Crippen LogP contribution in [0, 0.1) is 23.7 Å². The van der Waals surface area contributed by atoms with E-state index in [0.29, 0.717) is 6.54 Å². The van der Waals surface area contributed by atoms with Gasteiger partial charge in [-0.3, -0.25) is 4.79 Å². The molecule has 0 radical (unpaired) electrons. The molecule has 0 saturated heterocycles. The number of carboxylic acids is 1. The molecule has 1 aromatic carbocycles. The van der Waals surface area contributed by atoms with Gasteiger partial charge in [0, 0.05) is 24.3 Å². The van der Waals surface area contributed by atoms with Gasteiger partial charge in [0.2, 0.25) is 5.91 Å². The zero-order valence-corrected chi connectivity index (χ0v) is 12.7. The molecule has 118 valence electrons. The average molecular weight is 300 g/mol. The largest absolute Gasteiger partial charge is 0.550 e. The molecule has 2 aliphatic rings. The molecule has 4 atom stereocenters. The molecule has 0 aromatic heterocycles. The Balaban J connectivity index is 1.48. The van der Waals surface area contributed by atoms with Crippen molar-refractivity contribution < 1.29 is 14.7 Å². The highest BCUT2D eigenvalue weighted by Crippen LogP contribution is 2.52. The first-order valence-electron chi connectivity index (χ1n) is 8.19. The highest BCUT2D eigenvalue weighted by Gasteiger charge is 2.51. The number of carbonyl (C=O) groups is 2. The molecule has 1 amide bonds. The van der Waals surface area contributed by atoms with Crippen molar-refractivity contribution in [2.24, 2.45) is 23.7 Å². The van der Waals surface area contributed by atoms with Gasteiger partial charge in [-0.05, 0) is 49.5 Å². The molecule has 3 rings (SSSR count). The molecule has 0 unspecified atom stereocenters. The summed E-state index contributed by atoms with van der Waals surface area (Å²) < 4.78 is 0. The fourth-order valence-corrected chi connectivity index (χ4v) is 4.27. The van der Waals surface area contributed by atoms with E-state index < -0.39 is 11.9 Å². The maximum Gasteiger partial charge on any atom is 0.224 e. The maximum absolute atomic E-state index is 12.4. The smallest absolute Gasteiger partial charge is 0.224 e. The highest BCUT2D eigenvalue weighted by molar-refractivity contribution is 5.85. The number of aryl methyl sites for hydroxylation is 1. The van der Waals surface area contributed by atoms with Crippen molar-refractivity contribution in [1.29, 1.82) is 0 Å². The molecule has 0 aliphatic heterocycles. The molecule has 2 saturated carbocycles. The number of carboxylic acid groups (broad SMARTS) is 1. The normalized spacial score (nSPS) is 29.5. The molecule has 1 aromatic rings. The second kappa shape index (κ2) is 6.51. The monoisotopic (exact) mass is 300 g/mol. The minimum absolute atomic E-state index is 0.0885. The van der Waals surface area contributed by atoms with Crippen molar-refractivity contribution in [2.75, 3.05) is 6.54 Å². The summed E-state index contributed by atoms with van der Waals surface area (Å²) in [7, 11) is 0. The lowest BCUT2D eigenvalue weighted by Gasteiger charge is -2.30. The van der Waals surface area contributed by atoms with E-state index >= 15 is 0 Å². The molecule has 2 fully saturated rings. The van der Waals surface area contributed by atoms with Gasteiger partial charge < -0.3 is 15.2 Å². The van der Waals surface area contributed by atoms with Crippen molar-refractivity contribution in [3.05, 3.63) is 35.9 Å². The number of fused-ring (bicyclic) bond motifs is 2. The van der Waals surface area contributed by atoms with Crippen LogP contribution in [-0.4, -0.2) is 18.4 Å². The van der Waals surface area contributed by atoms with E-state index in [1.54, 1.807) is 0 Å². The minimum atomic E-state index is -1.04. The van der Waals surface area contributed by atoms with E-state index in [1.807, 2.05) is 18.2 Å². The zero-order valence-electron chi connectivity index (χ0n) is 12.7. The number of rotatable bonds is 6. The van der Waals surface area contributed by atoms with Gasteiger partial charge in [0.05, 0.1) is 0 Å². The number of benzene rings is 1. The van der Waals surface area contributed by atoms with E-state index in [-0.39, 0.29) is 23.7 Å². The van der Waals surface area contributed by atoms with Crippen molar-refractivity contribution in [2.45, 2.75) is 32.1 Å². The summed E-state index contributed by atoms with van der Waals surface area (Å²) in [6, 6.07) is 10.1. The van der Waals surface area contributed by atoms with Gasteiger partial charge in [0.15, 0.2) is 0 Å². The Labute approximate surface area is 130 Å². The third-order valence-electron chi connectivity index (χ3n) is 5.28. The first kappa shape index (κ1) is 15.1. The van der Waals surface area contributed by atoms with Gasteiger partial charge in [-0.1, -0.05) is 30.3 Å². The summed E-state index contributed by atoms with van der Waals surface area (Å²) in [5.74, 6) is -1.70. The third kappa shape index (κ3) is 3.01. The molecule has 0 spiro atoms. The lowest BCUT2D eigenvalue weighted by atomic mass is 9.78. The fourth-order valence-electron chi connectivity index (χ4n) is 4.27. The first-order valence-corrected chi connectivity index (χ1v) is 8.19. The van der Waals surface area contributed by atoms with Crippen LogP contribution in [-0.2, 0) is 16.0 Å². The Morgan fingerprint density at radius 1 is 1.09 bits per heavy atom. The summed E-state index contributed by atoms with van der Waals surface area (Å²) in [6.07, 6.45) is 4.58. The Morgan fingerprint density at radius 3 is 2.45 bits per heavy atom. The van der Waals surface area contributed by atoms with Crippen molar-refractivity contribution in [3.63, 3.8) is 0 Å². The van der Waals surface area contributed by atoms with Crippen molar-refractivity contribution in [3.8, 4) is 0 Å². The van der Waals surface area contributed by atoms with E-state index in [4.69, 9.17) is 0 Å². The van der Waals surface area contributed by atoms with Crippen LogP contribution in [0.15, 0.2) is 30.3 Å². The van der Waals surface area contributed by atoms with E-state index in [2.05, 4.69) is 17.4 Å². The van der Waals surface area contributed by atoms with Crippen LogP contribution < -0.4 is 10.4 Å². The molecule has 4 heteroatoms. The van der Waals surface area contributed by atoms with Gasteiger partial charge in [-0.15, -0.1) is 0 Å². The molecular formula is C18H22NO3-. The third-order valence-corrected chi connectivity index (χ3v) is 5.28. The molecular weight excluding hydrogens is 278 g/mol. The van der Waals surface area contributed by atoms with E-state index in [1.165, 1.54) is 5.56 Å². The van der Waals surface area contributed by atoms with Crippen LogP contribution in [0.3, 0.4) is 0 Å². The number of nitrogens with one attached hydrogen (secondary N) is 1. The highest BCUT2D eigenvalue weighted by atomic mass is 16.4. The van der Waals surface area contributed by atoms with Crippen LogP contribution in [0.25, 0.3) is 0 Å². The van der Waals surface area contributed by atoms with Crippen molar-refractivity contribution in [1.82, 2.24) is 5.32 Å². The quantitative estimate of drug-likeness (QED) is 0.801. The number of carbonyl (C=O) groups excluding carboxylic acids is 2. The van der Waals surface area contributed by atoms with Crippen LogP contribution >= 0.6 is 0 Å². The van der Waals surface area contributed by atoms with Crippen LogP contribution in [0.2, 0.25) is 0 Å². The number of aliphatic carboxylic acids is 1. The predicted molar refractivity (Wildman–Crippen MR) is 80.6 cm³/mol. The second-order valence-electron chi connectivity index (χ2n) is 6.58. The summed E-state index contributed by atoms with van der Waals surface area (Å²) in [5, 5.41) is 14.3. The SMILES string of the molecule is O=C([O-])[C@H]1[C@H]2CC[C@@H](C2)[C@@H]1C(=O)NCCCc1ccccc1. The molecule has 2 bridgehead atoms. The standard InChI is InChI=1S/C18H23NO3/c20-17(19-10-4-7-12-5-2-1-3-6-12)15-13-8-9-14(11-13)16(15)18(21)22/h1-3,5-6,13-16H,4,7-11H2,(H,19,20)(H,21,22)/p-1/t13-,14-,15-,16-/m0/s1. The lowest BCUT2D eigenvalue weighted by molar-refractivity contribution is -0.314. The topological polar surface area (TPSA) is 69.2 Å². The summed E-state index contributed by atoms with van der Waals surface area (Å²) in [5.41, 5.74) is 1.25. The lowest BCUT2D eigenvalue weighted by Crippen LogP contribution is -2.46. The predicted octanol–water partition coefficient (Wildman–Crippen LogP) is 1.15. The number of hydrogen-bond acceptors (Lipinski definition) is 3. The van der Waals surface area contributed by atoms with Crippen LogP contribution in [0.4, 0.5) is 0 Å². The van der Waals surface area contributed by atoms with Crippen LogP contribution in [0.1, 0.15) is 31.2 Å². The summed E-state index contributed by atoms with van der Waals surface area (Å²) in [6.45, 7) is 0.599. The van der Waals surface area contributed by atoms with E-state index in [0.717, 1.165) is 32.1 Å². The van der Waals surface area contributed by atoms with Gasteiger partial charge in [-0.25, -0.2) is 0 Å². The average Bonchev–Trinajstić information content (AvgIpc) is 3.13. The molecule has 0 heterocycles. The molecule has 2 aliphatic carbocycles. The van der Waals surface area contributed by atoms with Crippen molar-refractivity contribution >= 4 is 11.9 Å². The van der Waals surface area contributed by atoms with Gasteiger partial charge in [0.1, 0.15) is 0 Å². The Bertz CT molecular complexity index is 543. The second-order valence-corrected chi connectivity index (χ2v) is 6.58. The van der Waals surface area contributed by atoms with E-state index in [9.17, 15) is 14.7 Å². The molecule has 1 N–H and O–H groups in total. The minimum Gasteiger partial charge on any atom is -0.550 e. The maximum atomic E-state index is 12.4. The summed E-state index contributed by atoms with van der Waals surface area (Å²) >= 11 is 0. The number of hydrogen-bond donors (Lipinski definition) is 1. The van der Waals surface area contributed by atoms with Gasteiger partial charge >= 0.3 is 0 Å². The fraction of sp³-hybridized carbons (Fsp3) is 0.556. The van der Waals surface area contributed by atoms with Crippen LogP contribution in [0.5, 0.6) is 0 Å². The Hall–Kier alpha value is -1.84. The van der Waals surface area contributed by atoms with Gasteiger partial charge in [0.25, 0.3) is 0 Å². The Kier molecular flexibility index (Phi) is 4.46. The number of amides is 1. The zero-order chi connectivity index (χ0) is 15.5. The Morgan fingerprint density at radius 2 is 1.77 bits per heavy atom. The van der Waals surface area contributed by atoms with Gasteiger partial charge in [-0.2, -0.15) is 0 Å². The first-order chi connectivity index (χ1) is 10.7. The summed E-state index contributed by atoms with van der Waals surface area (Å²) in [4.78, 5) is 23.7. The molecule has 22 heavy (non-hydrogen) atoms.